The number of carbonyl (C=O) groups excluding carboxylic acids is 3. The van der Waals surface area contributed by atoms with Gasteiger partial charge in [0.25, 0.3) is 5.91 Å². The van der Waals surface area contributed by atoms with Gasteiger partial charge < -0.3 is 20.1 Å². The van der Waals surface area contributed by atoms with E-state index in [-0.39, 0.29) is 30.7 Å². The van der Waals surface area contributed by atoms with Crippen LogP contribution in [0.2, 0.25) is 0 Å². The Morgan fingerprint density at radius 1 is 1.15 bits per heavy atom. The Labute approximate surface area is 196 Å². The Kier molecular flexibility index (Phi) is 7.53. The number of benzene rings is 1. The summed E-state index contributed by atoms with van der Waals surface area (Å²) in [5, 5.41) is 11.4. The van der Waals surface area contributed by atoms with Gasteiger partial charge in [-0.1, -0.05) is 24.3 Å². The molecule has 0 spiro atoms. The third kappa shape index (κ3) is 6.89. The van der Waals surface area contributed by atoms with Crippen molar-refractivity contribution in [2.24, 2.45) is 0 Å². The standard InChI is InChI=1S/C24H28N2O6S/c1-24(2,3)32-23(31)26-11-10-19-17(14-26)12-20(33-19)22(30)25-13-18(27)16-7-4-15(5-8-16)6-9-21(28)29/h4-5,7-8,12H,6,9-11,13-14H2,1-3H3,(H,25,30)(H,28,29). The first-order valence-corrected chi connectivity index (χ1v) is 11.5. The van der Waals surface area contributed by atoms with Crippen molar-refractivity contribution in [3.05, 3.63) is 56.8 Å². The number of rotatable bonds is 7. The minimum Gasteiger partial charge on any atom is -0.481 e. The molecule has 0 saturated carbocycles. The van der Waals surface area contributed by atoms with Gasteiger partial charge in [0.2, 0.25) is 0 Å². The number of carboxylic acids is 1. The highest BCUT2D eigenvalue weighted by molar-refractivity contribution is 7.14. The summed E-state index contributed by atoms with van der Waals surface area (Å²) in [6.45, 7) is 6.25. The lowest BCUT2D eigenvalue weighted by Crippen LogP contribution is -2.39. The van der Waals surface area contributed by atoms with Gasteiger partial charge in [0.15, 0.2) is 5.78 Å². The van der Waals surface area contributed by atoms with E-state index in [1.807, 2.05) is 20.8 Å². The first-order chi connectivity index (χ1) is 15.5. The van der Waals surface area contributed by atoms with E-state index in [1.165, 1.54) is 11.3 Å². The Morgan fingerprint density at radius 3 is 2.48 bits per heavy atom. The average molecular weight is 473 g/mol. The predicted molar refractivity (Wildman–Crippen MR) is 124 cm³/mol. The molecule has 0 saturated heterocycles. The normalized spacial score (nSPS) is 13.2. The number of nitrogens with one attached hydrogen (secondary N) is 1. The van der Waals surface area contributed by atoms with Crippen LogP contribution in [0.25, 0.3) is 0 Å². The molecule has 9 heteroatoms. The number of fused-ring (bicyclic) bond motifs is 1. The van der Waals surface area contributed by atoms with E-state index in [9.17, 15) is 19.2 Å². The number of amides is 2. The summed E-state index contributed by atoms with van der Waals surface area (Å²) < 4.78 is 5.43. The quantitative estimate of drug-likeness (QED) is 0.595. The van der Waals surface area contributed by atoms with Gasteiger partial charge in [0.05, 0.1) is 18.0 Å². The molecule has 1 aromatic carbocycles. The zero-order chi connectivity index (χ0) is 24.2. The van der Waals surface area contributed by atoms with Gasteiger partial charge in [0.1, 0.15) is 5.60 Å². The van der Waals surface area contributed by atoms with Gasteiger partial charge in [-0.25, -0.2) is 4.79 Å². The zero-order valence-electron chi connectivity index (χ0n) is 19.0. The summed E-state index contributed by atoms with van der Waals surface area (Å²) >= 11 is 1.38. The highest BCUT2D eigenvalue weighted by atomic mass is 32.1. The second-order valence-corrected chi connectivity index (χ2v) is 10.0. The lowest BCUT2D eigenvalue weighted by atomic mass is 10.0. The molecule has 8 nitrogen and oxygen atoms in total. The van der Waals surface area contributed by atoms with E-state index in [1.54, 1.807) is 35.2 Å². The van der Waals surface area contributed by atoms with Gasteiger partial charge in [-0.05, 0) is 50.8 Å². The molecule has 33 heavy (non-hydrogen) atoms. The number of hydrogen-bond acceptors (Lipinski definition) is 6. The molecule has 1 aliphatic rings. The molecule has 0 bridgehead atoms. The van der Waals surface area contributed by atoms with Crippen molar-refractivity contribution in [1.82, 2.24) is 10.2 Å². The maximum Gasteiger partial charge on any atom is 0.410 e. The molecule has 176 valence electrons. The fourth-order valence-electron chi connectivity index (χ4n) is 3.39. The van der Waals surface area contributed by atoms with Gasteiger partial charge in [0, 0.05) is 23.4 Å². The number of thiophene rings is 1. The van der Waals surface area contributed by atoms with Gasteiger partial charge >= 0.3 is 12.1 Å². The van der Waals surface area contributed by atoms with E-state index in [4.69, 9.17) is 9.84 Å². The van der Waals surface area contributed by atoms with Crippen LogP contribution in [0, 0.1) is 0 Å². The number of ether oxygens (including phenoxy) is 1. The Hall–Kier alpha value is -3.20. The summed E-state index contributed by atoms with van der Waals surface area (Å²) in [6.07, 6.45) is 0.711. The van der Waals surface area contributed by atoms with Crippen LogP contribution in [-0.4, -0.2) is 52.4 Å². The number of carboxylic acid groups (broad SMARTS) is 1. The van der Waals surface area contributed by atoms with Crippen LogP contribution in [0.3, 0.4) is 0 Å². The van der Waals surface area contributed by atoms with Crippen molar-refractivity contribution in [2.45, 2.75) is 52.2 Å². The summed E-state index contributed by atoms with van der Waals surface area (Å²) in [5.74, 6) is -1.43. The molecule has 0 atom stereocenters. The Balaban J connectivity index is 1.54. The number of carbonyl (C=O) groups is 4. The van der Waals surface area contributed by atoms with Crippen LogP contribution in [0.1, 0.15) is 63.2 Å². The van der Waals surface area contributed by atoms with Gasteiger partial charge in [-0.15, -0.1) is 11.3 Å². The molecular formula is C24H28N2O6S. The van der Waals surface area contributed by atoms with Crippen molar-refractivity contribution in [1.29, 1.82) is 0 Å². The fourth-order valence-corrected chi connectivity index (χ4v) is 4.47. The van der Waals surface area contributed by atoms with E-state index in [0.29, 0.717) is 36.4 Å². The van der Waals surface area contributed by atoms with E-state index >= 15 is 0 Å². The molecule has 0 fully saturated rings. The third-order valence-electron chi connectivity index (χ3n) is 5.06. The summed E-state index contributed by atoms with van der Waals surface area (Å²) in [6, 6.07) is 8.50. The van der Waals surface area contributed by atoms with Crippen molar-refractivity contribution < 1.29 is 29.0 Å². The van der Waals surface area contributed by atoms with Gasteiger partial charge in [-0.3, -0.25) is 14.4 Å². The van der Waals surface area contributed by atoms with E-state index in [0.717, 1.165) is 16.0 Å². The maximum absolute atomic E-state index is 12.6. The number of aryl methyl sites for hydroxylation is 1. The number of hydrogen-bond donors (Lipinski definition) is 2. The highest BCUT2D eigenvalue weighted by Crippen LogP contribution is 2.29. The second kappa shape index (κ2) is 10.2. The zero-order valence-corrected chi connectivity index (χ0v) is 19.8. The van der Waals surface area contributed by atoms with E-state index in [2.05, 4.69) is 5.32 Å². The van der Waals surface area contributed by atoms with Crippen LogP contribution in [0.15, 0.2) is 30.3 Å². The molecule has 2 aromatic rings. The topological polar surface area (TPSA) is 113 Å². The maximum atomic E-state index is 12.6. The number of Topliss-reactive ketones (excluding diaryl/α,β-unsaturated/α-hetero) is 1. The minimum atomic E-state index is -0.870. The molecule has 0 radical (unpaired) electrons. The summed E-state index contributed by atoms with van der Waals surface area (Å²) in [5.41, 5.74) is 1.64. The van der Waals surface area contributed by atoms with E-state index < -0.39 is 11.6 Å². The molecule has 2 N–H and O–H groups in total. The Morgan fingerprint density at radius 2 is 1.85 bits per heavy atom. The van der Waals surface area contributed by atoms with Crippen molar-refractivity contribution in [3.8, 4) is 0 Å². The lowest BCUT2D eigenvalue weighted by Gasteiger charge is -2.29. The van der Waals surface area contributed by atoms with Crippen LogP contribution in [-0.2, 0) is 28.9 Å². The van der Waals surface area contributed by atoms with Crippen molar-refractivity contribution in [3.63, 3.8) is 0 Å². The highest BCUT2D eigenvalue weighted by Gasteiger charge is 2.27. The largest absolute Gasteiger partial charge is 0.481 e. The van der Waals surface area contributed by atoms with Crippen molar-refractivity contribution in [2.75, 3.05) is 13.1 Å². The molecular weight excluding hydrogens is 444 g/mol. The molecule has 0 aliphatic carbocycles. The SMILES string of the molecule is CC(C)(C)OC(=O)N1CCc2sc(C(=O)NCC(=O)c3ccc(CCC(=O)O)cc3)cc2C1. The number of ketones is 1. The summed E-state index contributed by atoms with van der Waals surface area (Å²) in [4.78, 5) is 51.2. The summed E-state index contributed by atoms with van der Waals surface area (Å²) in [7, 11) is 0. The minimum absolute atomic E-state index is 0.0314. The predicted octanol–water partition coefficient (Wildman–Crippen LogP) is 3.67. The van der Waals surface area contributed by atoms with Crippen LogP contribution < -0.4 is 5.32 Å². The molecule has 2 heterocycles. The molecule has 2 amide bonds. The molecule has 1 aliphatic heterocycles. The van der Waals surface area contributed by atoms with Crippen LogP contribution in [0.5, 0.6) is 0 Å². The van der Waals surface area contributed by atoms with Gasteiger partial charge in [-0.2, -0.15) is 0 Å². The lowest BCUT2D eigenvalue weighted by molar-refractivity contribution is -0.136. The Bertz CT molecular complexity index is 1050. The molecule has 3 rings (SSSR count). The number of aliphatic carboxylic acids is 1. The average Bonchev–Trinajstić information content (AvgIpc) is 3.18. The second-order valence-electron chi connectivity index (χ2n) is 8.91. The van der Waals surface area contributed by atoms with Crippen LogP contribution in [0.4, 0.5) is 4.79 Å². The third-order valence-corrected chi connectivity index (χ3v) is 6.29. The molecule has 0 unspecified atom stereocenters. The number of nitrogens with zero attached hydrogens (tertiary/aromatic N) is 1. The van der Waals surface area contributed by atoms with Crippen LogP contribution >= 0.6 is 11.3 Å². The fraction of sp³-hybridized carbons (Fsp3) is 0.417. The van der Waals surface area contributed by atoms with Crippen molar-refractivity contribution >= 4 is 35.1 Å². The molecule has 1 aromatic heterocycles. The smallest absolute Gasteiger partial charge is 0.410 e. The monoisotopic (exact) mass is 472 g/mol. The first-order valence-electron chi connectivity index (χ1n) is 10.7. The first kappa shape index (κ1) is 24.4.